The minimum absolute atomic E-state index is 0.0891. The fourth-order valence-electron chi connectivity index (χ4n) is 4.37. The number of amides is 1. The monoisotopic (exact) mass is 436 g/mol. The molecular weight excluding hydrogens is 412 g/mol. The van der Waals surface area contributed by atoms with Crippen molar-refractivity contribution in [2.75, 3.05) is 5.32 Å². The summed E-state index contributed by atoms with van der Waals surface area (Å²) in [6.45, 7) is 3.87. The summed E-state index contributed by atoms with van der Waals surface area (Å²) >= 11 is 0. The molecule has 0 bridgehead atoms. The molecule has 0 atom stereocenters. The summed E-state index contributed by atoms with van der Waals surface area (Å²) in [5.41, 5.74) is 6.17. The number of anilines is 1. The standard InChI is InChI=1S/C27H24N4O2/c1-16-9-10-19(29-26(32)23-15-30(3)24-8-6-5-7-20(23)24)13-21(16)22-12-18-14-28-17(2)11-25(18)31(4)27(22)33/h5-15H,1-4H3,(H,29,32). The van der Waals surface area contributed by atoms with Gasteiger partial charge >= 0.3 is 0 Å². The smallest absolute Gasteiger partial charge is 0.258 e. The van der Waals surface area contributed by atoms with Crippen LogP contribution in [-0.2, 0) is 14.1 Å². The Labute approximate surface area is 191 Å². The average molecular weight is 437 g/mol. The van der Waals surface area contributed by atoms with Gasteiger partial charge in [0.25, 0.3) is 11.5 Å². The SMILES string of the molecule is Cc1cc2c(cn1)cc(-c1cc(NC(=O)c3cn(C)c4ccccc34)ccc1C)c(=O)n2C. The highest BCUT2D eigenvalue weighted by Crippen LogP contribution is 2.28. The molecule has 164 valence electrons. The first-order valence-corrected chi connectivity index (χ1v) is 10.8. The molecule has 5 aromatic rings. The number of pyridine rings is 2. The lowest BCUT2D eigenvalue weighted by molar-refractivity contribution is 0.102. The molecule has 0 saturated heterocycles. The maximum atomic E-state index is 13.2. The van der Waals surface area contributed by atoms with Crippen LogP contribution in [0.25, 0.3) is 32.9 Å². The van der Waals surface area contributed by atoms with E-state index < -0.39 is 0 Å². The highest BCUT2D eigenvalue weighted by atomic mass is 16.1. The van der Waals surface area contributed by atoms with Gasteiger partial charge in [-0.15, -0.1) is 0 Å². The first kappa shape index (κ1) is 20.7. The molecule has 6 nitrogen and oxygen atoms in total. The van der Waals surface area contributed by atoms with Crippen LogP contribution in [0, 0.1) is 13.8 Å². The maximum absolute atomic E-state index is 13.2. The van der Waals surface area contributed by atoms with E-state index in [9.17, 15) is 9.59 Å². The summed E-state index contributed by atoms with van der Waals surface area (Å²) in [6, 6.07) is 17.2. The minimum Gasteiger partial charge on any atom is -0.350 e. The zero-order valence-corrected chi connectivity index (χ0v) is 19.0. The second kappa shape index (κ2) is 7.74. The van der Waals surface area contributed by atoms with Crippen molar-refractivity contribution in [3.8, 4) is 11.1 Å². The molecule has 1 N–H and O–H groups in total. The van der Waals surface area contributed by atoms with E-state index in [1.54, 1.807) is 17.8 Å². The van der Waals surface area contributed by atoms with Crippen LogP contribution in [0.15, 0.2) is 71.8 Å². The molecule has 0 saturated carbocycles. The molecule has 0 fully saturated rings. The summed E-state index contributed by atoms with van der Waals surface area (Å²) in [6.07, 6.45) is 3.62. The second-order valence-corrected chi connectivity index (χ2v) is 8.46. The van der Waals surface area contributed by atoms with E-state index in [0.29, 0.717) is 16.8 Å². The predicted octanol–water partition coefficient (Wildman–Crippen LogP) is 4.96. The number of rotatable bonds is 3. The molecule has 1 amide bonds. The molecule has 3 heterocycles. The van der Waals surface area contributed by atoms with Gasteiger partial charge in [-0.2, -0.15) is 0 Å². The number of nitrogens with one attached hydrogen (secondary N) is 1. The molecule has 0 aliphatic heterocycles. The average Bonchev–Trinajstić information content (AvgIpc) is 3.15. The van der Waals surface area contributed by atoms with Crippen LogP contribution in [0.3, 0.4) is 0 Å². The highest BCUT2D eigenvalue weighted by molar-refractivity contribution is 6.13. The highest BCUT2D eigenvalue weighted by Gasteiger charge is 2.16. The molecule has 0 aliphatic carbocycles. The van der Waals surface area contributed by atoms with Crippen LogP contribution < -0.4 is 10.9 Å². The second-order valence-electron chi connectivity index (χ2n) is 8.46. The summed E-state index contributed by atoms with van der Waals surface area (Å²) in [7, 11) is 3.70. The molecule has 6 heteroatoms. The fraction of sp³-hybridized carbons (Fsp3) is 0.148. The largest absolute Gasteiger partial charge is 0.350 e. The lowest BCUT2D eigenvalue weighted by Crippen LogP contribution is -2.19. The number of hydrogen-bond acceptors (Lipinski definition) is 3. The third-order valence-corrected chi connectivity index (χ3v) is 6.17. The van der Waals surface area contributed by atoms with E-state index >= 15 is 0 Å². The van der Waals surface area contributed by atoms with Gasteiger partial charge in [-0.1, -0.05) is 24.3 Å². The maximum Gasteiger partial charge on any atom is 0.258 e. The third kappa shape index (κ3) is 3.49. The summed E-state index contributed by atoms with van der Waals surface area (Å²) in [5.74, 6) is -0.187. The van der Waals surface area contributed by atoms with Gasteiger partial charge in [0, 0.05) is 59.7 Å². The van der Waals surface area contributed by atoms with Crippen LogP contribution in [-0.4, -0.2) is 20.0 Å². The number of carbonyl (C=O) groups excluding carboxylic acids is 1. The quantitative estimate of drug-likeness (QED) is 0.435. The number of carbonyl (C=O) groups is 1. The van der Waals surface area contributed by atoms with Crippen LogP contribution in [0.5, 0.6) is 0 Å². The van der Waals surface area contributed by atoms with Crippen LogP contribution in [0.1, 0.15) is 21.6 Å². The lowest BCUT2D eigenvalue weighted by atomic mass is 9.99. The molecule has 2 aromatic carbocycles. The summed E-state index contributed by atoms with van der Waals surface area (Å²) in [4.78, 5) is 30.7. The van der Waals surface area contributed by atoms with Gasteiger partial charge in [0.05, 0.1) is 11.1 Å². The number of nitrogens with zero attached hydrogens (tertiary/aromatic N) is 3. The molecule has 3 aromatic heterocycles. The number of aromatic nitrogens is 3. The molecule has 0 spiro atoms. The molecule has 5 rings (SSSR count). The van der Waals surface area contributed by atoms with E-state index in [0.717, 1.165) is 38.6 Å². The predicted molar refractivity (Wildman–Crippen MR) is 133 cm³/mol. The van der Waals surface area contributed by atoms with Crippen molar-refractivity contribution < 1.29 is 4.79 Å². The van der Waals surface area contributed by atoms with Crippen molar-refractivity contribution in [3.63, 3.8) is 0 Å². The fourth-order valence-corrected chi connectivity index (χ4v) is 4.37. The topological polar surface area (TPSA) is 68.9 Å². The molecule has 0 aliphatic rings. The van der Waals surface area contributed by atoms with Crippen LogP contribution >= 0.6 is 0 Å². The van der Waals surface area contributed by atoms with Crippen LogP contribution in [0.4, 0.5) is 5.69 Å². The van der Waals surface area contributed by atoms with E-state index in [1.807, 2.05) is 86.3 Å². The van der Waals surface area contributed by atoms with Crippen molar-refractivity contribution in [3.05, 3.63) is 94.2 Å². The number of hydrogen-bond donors (Lipinski definition) is 1. The van der Waals surface area contributed by atoms with Crippen molar-refractivity contribution in [1.29, 1.82) is 0 Å². The Morgan fingerprint density at radius 2 is 1.73 bits per heavy atom. The van der Waals surface area contributed by atoms with E-state index in [2.05, 4.69) is 10.3 Å². The third-order valence-electron chi connectivity index (χ3n) is 6.17. The Kier molecular flexibility index (Phi) is 4.86. The van der Waals surface area contributed by atoms with Crippen LogP contribution in [0.2, 0.25) is 0 Å². The Hall–Kier alpha value is -4.19. The Balaban J connectivity index is 1.57. The zero-order valence-electron chi connectivity index (χ0n) is 19.0. The molecular formula is C27H24N4O2. The van der Waals surface area contributed by atoms with Crippen molar-refractivity contribution >= 4 is 33.4 Å². The minimum atomic E-state index is -0.187. The number of fused-ring (bicyclic) bond motifs is 2. The number of para-hydroxylation sites is 1. The first-order valence-electron chi connectivity index (χ1n) is 10.8. The number of benzene rings is 2. The van der Waals surface area contributed by atoms with Gasteiger partial charge in [-0.05, 0) is 55.3 Å². The lowest BCUT2D eigenvalue weighted by Gasteiger charge is -2.13. The zero-order chi connectivity index (χ0) is 23.3. The van der Waals surface area contributed by atoms with Crippen molar-refractivity contribution in [2.24, 2.45) is 14.1 Å². The van der Waals surface area contributed by atoms with Gasteiger partial charge in [0.15, 0.2) is 0 Å². The van der Waals surface area contributed by atoms with E-state index in [-0.39, 0.29) is 11.5 Å². The van der Waals surface area contributed by atoms with Gasteiger partial charge in [-0.3, -0.25) is 14.6 Å². The van der Waals surface area contributed by atoms with Crippen molar-refractivity contribution in [2.45, 2.75) is 13.8 Å². The van der Waals surface area contributed by atoms with E-state index in [4.69, 9.17) is 0 Å². The molecule has 33 heavy (non-hydrogen) atoms. The molecule has 0 unspecified atom stereocenters. The first-order chi connectivity index (χ1) is 15.8. The normalized spacial score (nSPS) is 11.3. The van der Waals surface area contributed by atoms with Crippen molar-refractivity contribution in [1.82, 2.24) is 14.1 Å². The Bertz CT molecular complexity index is 1630. The van der Waals surface area contributed by atoms with Gasteiger partial charge in [0.1, 0.15) is 0 Å². The Morgan fingerprint density at radius 3 is 2.55 bits per heavy atom. The van der Waals surface area contributed by atoms with Gasteiger partial charge in [0.2, 0.25) is 0 Å². The van der Waals surface area contributed by atoms with Gasteiger partial charge < -0.3 is 14.5 Å². The summed E-state index contributed by atoms with van der Waals surface area (Å²) < 4.78 is 3.60. The van der Waals surface area contributed by atoms with Gasteiger partial charge in [-0.25, -0.2) is 0 Å². The summed E-state index contributed by atoms with van der Waals surface area (Å²) in [5, 5.41) is 4.80. The van der Waals surface area contributed by atoms with E-state index in [1.165, 1.54) is 0 Å². The molecule has 0 radical (unpaired) electrons. The Morgan fingerprint density at radius 1 is 0.939 bits per heavy atom. The number of aryl methyl sites for hydroxylation is 4.